The van der Waals surface area contributed by atoms with Crippen LogP contribution in [-0.4, -0.2) is 99.0 Å². The molecular weight excluding hydrogens is 540 g/mol. The van der Waals surface area contributed by atoms with Crippen molar-refractivity contribution in [3.05, 3.63) is 12.2 Å². The lowest BCUT2D eigenvalue weighted by Crippen LogP contribution is -2.68. The summed E-state index contributed by atoms with van der Waals surface area (Å²) in [7, 11) is 1.45. The standard InChI is InChI=1S/C33H56O9/c1-17(2)25(42-30-27(38)28(40-6)24(37)16-41-30)8-7-18(3)20-14-22(35)29-32(20,5)12-10-26-31(4)11-9-19(34)13-21(31)23(36)15-33(26,29)39/h7-8,17-30,34-39H,9-16H2,1-6H3/b8-7+/t18-,19+,20-,21-,22-,23+,24-,25+,26-,27-,28+,29-,30+,31+,32-,33+/m1/s1. The summed E-state index contributed by atoms with van der Waals surface area (Å²) in [5.41, 5.74) is -1.72. The van der Waals surface area contributed by atoms with Gasteiger partial charge in [0, 0.05) is 19.4 Å². The molecule has 5 aliphatic rings. The van der Waals surface area contributed by atoms with E-state index >= 15 is 0 Å². The summed E-state index contributed by atoms with van der Waals surface area (Å²) in [6.07, 6.45) is 2.94. The molecule has 9 nitrogen and oxygen atoms in total. The Bertz CT molecular complexity index is 975. The highest BCUT2D eigenvalue weighted by atomic mass is 16.7. The van der Waals surface area contributed by atoms with Gasteiger partial charge in [-0.15, -0.1) is 0 Å². The van der Waals surface area contributed by atoms with E-state index in [-0.39, 0.29) is 65.5 Å². The van der Waals surface area contributed by atoms with E-state index in [1.54, 1.807) is 0 Å². The molecule has 1 saturated heterocycles. The number of fused-ring (bicyclic) bond motifs is 5. The van der Waals surface area contributed by atoms with Crippen molar-refractivity contribution in [1.82, 2.24) is 0 Å². The van der Waals surface area contributed by atoms with Crippen LogP contribution < -0.4 is 0 Å². The fourth-order valence-corrected chi connectivity index (χ4v) is 10.5. The summed E-state index contributed by atoms with van der Waals surface area (Å²) < 4.78 is 17.1. The van der Waals surface area contributed by atoms with Crippen LogP contribution in [0.15, 0.2) is 12.2 Å². The van der Waals surface area contributed by atoms with Gasteiger partial charge in [-0.3, -0.25) is 0 Å². The molecule has 5 rings (SSSR count). The molecule has 1 heterocycles. The third-order valence-corrected chi connectivity index (χ3v) is 12.6. The Morgan fingerprint density at radius 1 is 0.881 bits per heavy atom. The summed E-state index contributed by atoms with van der Waals surface area (Å²) in [4.78, 5) is 0. The molecule has 42 heavy (non-hydrogen) atoms. The lowest BCUT2D eigenvalue weighted by atomic mass is 9.42. The average molecular weight is 597 g/mol. The molecule has 0 radical (unpaired) electrons. The third-order valence-electron chi connectivity index (χ3n) is 12.6. The number of hydrogen-bond acceptors (Lipinski definition) is 9. The van der Waals surface area contributed by atoms with Gasteiger partial charge in [-0.25, -0.2) is 0 Å². The van der Waals surface area contributed by atoms with Gasteiger partial charge in [0.25, 0.3) is 0 Å². The molecule has 1 aliphatic heterocycles. The maximum atomic E-state index is 12.5. The Hall–Kier alpha value is -0.620. The summed E-state index contributed by atoms with van der Waals surface area (Å²) in [5, 5.41) is 66.6. The lowest BCUT2D eigenvalue weighted by Gasteiger charge is -2.66. The quantitative estimate of drug-likeness (QED) is 0.244. The average Bonchev–Trinajstić information content (AvgIpc) is 3.19. The van der Waals surface area contributed by atoms with E-state index in [0.29, 0.717) is 19.3 Å². The van der Waals surface area contributed by atoms with Crippen LogP contribution in [0.2, 0.25) is 0 Å². The Kier molecular flexibility index (Phi) is 9.32. The van der Waals surface area contributed by atoms with Gasteiger partial charge in [0.1, 0.15) is 18.3 Å². The molecule has 0 unspecified atom stereocenters. The zero-order valence-electron chi connectivity index (χ0n) is 26.3. The first-order valence-electron chi connectivity index (χ1n) is 16.3. The van der Waals surface area contributed by atoms with Crippen LogP contribution in [0, 0.1) is 46.3 Å². The second-order valence-corrected chi connectivity index (χ2v) is 15.3. The molecule has 4 saturated carbocycles. The summed E-state index contributed by atoms with van der Waals surface area (Å²) in [6.45, 7) is 10.7. The van der Waals surface area contributed by atoms with Gasteiger partial charge in [0.15, 0.2) is 6.29 Å². The van der Waals surface area contributed by atoms with Crippen molar-refractivity contribution in [3.63, 3.8) is 0 Å². The Balaban J connectivity index is 1.33. The smallest absolute Gasteiger partial charge is 0.186 e. The molecule has 5 fully saturated rings. The van der Waals surface area contributed by atoms with Gasteiger partial charge in [-0.05, 0) is 78.9 Å². The fraction of sp³-hybridized carbons (Fsp3) is 0.939. The van der Waals surface area contributed by atoms with E-state index < -0.39 is 48.5 Å². The summed E-state index contributed by atoms with van der Waals surface area (Å²) in [6, 6.07) is 0. The third kappa shape index (κ3) is 5.32. The van der Waals surface area contributed by atoms with Crippen LogP contribution in [0.5, 0.6) is 0 Å². The van der Waals surface area contributed by atoms with Crippen LogP contribution in [0.25, 0.3) is 0 Å². The summed E-state index contributed by atoms with van der Waals surface area (Å²) >= 11 is 0. The molecule has 6 N–H and O–H groups in total. The molecule has 0 bridgehead atoms. The molecule has 4 aliphatic carbocycles. The second-order valence-electron chi connectivity index (χ2n) is 15.3. The molecular formula is C33H56O9. The van der Waals surface area contributed by atoms with Crippen LogP contribution >= 0.6 is 0 Å². The minimum atomic E-state index is -1.15. The molecule has 0 aromatic rings. The predicted molar refractivity (Wildman–Crippen MR) is 156 cm³/mol. The highest BCUT2D eigenvalue weighted by Crippen LogP contribution is 2.69. The number of allylic oxidation sites excluding steroid dienone is 1. The van der Waals surface area contributed by atoms with Crippen molar-refractivity contribution < 1.29 is 44.8 Å². The first-order chi connectivity index (χ1) is 19.7. The molecule has 242 valence electrons. The highest BCUT2D eigenvalue weighted by Gasteiger charge is 2.70. The SMILES string of the molecule is CO[C@@H]1[C@@H](O)[C@H](O[C@@H](/C=C/[C@@H](C)[C@H]2C[C@@H](O)[C@@H]3[C@]2(C)CC[C@@H]2[C@@]4(C)CC[C@H](O)C[C@@H]4[C@@H](O)C[C@]23O)C(C)C)OC[C@H]1O. The maximum Gasteiger partial charge on any atom is 0.186 e. The van der Waals surface area contributed by atoms with E-state index in [1.165, 1.54) is 7.11 Å². The Morgan fingerprint density at radius 2 is 1.57 bits per heavy atom. The van der Waals surface area contributed by atoms with Crippen molar-refractivity contribution in [2.24, 2.45) is 46.3 Å². The topological polar surface area (TPSA) is 149 Å². The molecule has 9 heteroatoms. The van der Waals surface area contributed by atoms with Crippen molar-refractivity contribution in [2.45, 2.75) is 134 Å². The van der Waals surface area contributed by atoms with Crippen LogP contribution in [0.1, 0.15) is 79.6 Å². The first kappa shape index (κ1) is 32.8. The minimum Gasteiger partial charge on any atom is -0.393 e. The number of methoxy groups -OCH3 is 1. The maximum absolute atomic E-state index is 12.5. The van der Waals surface area contributed by atoms with Crippen LogP contribution in [0.4, 0.5) is 0 Å². The van der Waals surface area contributed by atoms with Gasteiger partial charge in [-0.1, -0.05) is 46.8 Å². The Morgan fingerprint density at radius 3 is 2.24 bits per heavy atom. The number of rotatable bonds is 7. The zero-order valence-corrected chi connectivity index (χ0v) is 26.3. The van der Waals surface area contributed by atoms with Gasteiger partial charge in [0.05, 0.1) is 36.6 Å². The Labute approximate surface area is 251 Å². The minimum absolute atomic E-state index is 0.0155. The largest absolute Gasteiger partial charge is 0.393 e. The second kappa shape index (κ2) is 12.0. The van der Waals surface area contributed by atoms with Crippen molar-refractivity contribution >= 4 is 0 Å². The first-order valence-corrected chi connectivity index (χ1v) is 16.3. The number of aliphatic hydroxyl groups excluding tert-OH is 5. The predicted octanol–water partition coefficient (Wildman–Crippen LogP) is 2.39. The lowest BCUT2D eigenvalue weighted by molar-refractivity contribution is -0.284. The fourth-order valence-electron chi connectivity index (χ4n) is 10.5. The van der Waals surface area contributed by atoms with Crippen molar-refractivity contribution in [1.29, 1.82) is 0 Å². The van der Waals surface area contributed by atoms with Crippen molar-refractivity contribution in [3.8, 4) is 0 Å². The van der Waals surface area contributed by atoms with E-state index in [0.717, 1.165) is 19.3 Å². The van der Waals surface area contributed by atoms with Crippen molar-refractivity contribution in [2.75, 3.05) is 13.7 Å². The van der Waals surface area contributed by atoms with Crippen LogP contribution in [0.3, 0.4) is 0 Å². The van der Waals surface area contributed by atoms with Gasteiger partial charge in [-0.2, -0.15) is 0 Å². The molecule has 0 amide bonds. The van der Waals surface area contributed by atoms with E-state index in [1.807, 2.05) is 19.9 Å². The monoisotopic (exact) mass is 596 g/mol. The zero-order chi connectivity index (χ0) is 30.8. The number of ether oxygens (including phenoxy) is 3. The number of hydrogen-bond donors (Lipinski definition) is 6. The highest BCUT2D eigenvalue weighted by molar-refractivity contribution is 5.20. The van der Waals surface area contributed by atoms with Gasteiger partial charge in [0.2, 0.25) is 0 Å². The normalized spacial score (nSPS) is 52.5. The molecule has 0 aromatic heterocycles. The number of aliphatic hydroxyl groups is 6. The van der Waals surface area contributed by atoms with Crippen LogP contribution in [-0.2, 0) is 14.2 Å². The summed E-state index contributed by atoms with van der Waals surface area (Å²) in [5.74, 6) is -0.0622. The van der Waals surface area contributed by atoms with E-state index in [9.17, 15) is 30.6 Å². The van der Waals surface area contributed by atoms with Gasteiger partial charge >= 0.3 is 0 Å². The molecule has 16 atom stereocenters. The van der Waals surface area contributed by atoms with E-state index in [4.69, 9.17) is 14.2 Å². The molecule has 0 aromatic carbocycles. The van der Waals surface area contributed by atoms with Gasteiger partial charge < -0.3 is 44.8 Å². The molecule has 0 spiro atoms. The van der Waals surface area contributed by atoms with E-state index in [2.05, 4.69) is 26.8 Å².